The molecule has 2 heterocycles. The maximum Gasteiger partial charge on any atom is 0.191 e. The number of benzene rings is 1. The highest BCUT2D eigenvalue weighted by molar-refractivity contribution is 7.13. The summed E-state index contributed by atoms with van der Waals surface area (Å²) in [5.74, 6) is 1.64. The van der Waals surface area contributed by atoms with Gasteiger partial charge in [-0.05, 0) is 24.3 Å². The Kier molecular flexibility index (Phi) is 7.44. The van der Waals surface area contributed by atoms with E-state index in [0.29, 0.717) is 6.54 Å². The van der Waals surface area contributed by atoms with Crippen molar-refractivity contribution in [2.45, 2.75) is 6.54 Å². The van der Waals surface area contributed by atoms with E-state index in [1.807, 2.05) is 24.3 Å². The number of thiazole rings is 1. The average Bonchev–Trinajstić information content (AvgIpc) is 3.20. The van der Waals surface area contributed by atoms with E-state index in [2.05, 4.69) is 25.9 Å². The summed E-state index contributed by atoms with van der Waals surface area (Å²) in [7, 11) is 3.46. The Hall–Kier alpha value is -2.16. The molecule has 1 aliphatic rings. The molecule has 0 atom stereocenters. The number of ether oxygens (including phenoxy) is 2. The molecule has 0 spiro atoms. The summed E-state index contributed by atoms with van der Waals surface area (Å²) in [4.78, 5) is 11.4. The smallest absolute Gasteiger partial charge is 0.191 e. The van der Waals surface area contributed by atoms with E-state index in [1.165, 1.54) is 0 Å². The van der Waals surface area contributed by atoms with E-state index in [4.69, 9.17) is 14.5 Å². The molecule has 27 heavy (non-hydrogen) atoms. The summed E-state index contributed by atoms with van der Waals surface area (Å²) in [6, 6.07) is 7.96. The lowest BCUT2D eigenvalue weighted by molar-refractivity contribution is 0.0389. The van der Waals surface area contributed by atoms with Gasteiger partial charge in [-0.15, -0.1) is 11.3 Å². The van der Waals surface area contributed by atoms with Crippen molar-refractivity contribution in [2.75, 3.05) is 53.6 Å². The predicted octanol–water partition coefficient (Wildman–Crippen LogP) is 1.82. The summed E-state index contributed by atoms with van der Waals surface area (Å²) in [5, 5.41) is 9.76. The first-order chi connectivity index (χ1) is 13.3. The standard InChI is InChI=1S/C19H27N5O2S/c1-20-19(21-7-8-24-9-11-26-12-10-24)22-13-16-14-27-18(23-16)15-3-5-17(25-2)6-4-15/h3-6,14H,7-13H2,1-2H3,(H2,20,21,22). The highest BCUT2D eigenvalue weighted by atomic mass is 32.1. The Labute approximate surface area is 164 Å². The van der Waals surface area contributed by atoms with Crippen LogP contribution in [0.25, 0.3) is 10.6 Å². The fourth-order valence-electron chi connectivity index (χ4n) is 2.81. The van der Waals surface area contributed by atoms with Gasteiger partial charge in [0.15, 0.2) is 5.96 Å². The molecule has 2 N–H and O–H groups in total. The third-order valence-corrected chi connectivity index (χ3v) is 5.31. The van der Waals surface area contributed by atoms with Crippen LogP contribution < -0.4 is 15.4 Å². The number of morpholine rings is 1. The Morgan fingerprint density at radius 3 is 2.74 bits per heavy atom. The van der Waals surface area contributed by atoms with Crippen molar-refractivity contribution in [3.05, 3.63) is 35.3 Å². The first kappa shape index (κ1) is 19.6. The predicted molar refractivity (Wildman–Crippen MR) is 110 cm³/mol. The molecule has 0 saturated carbocycles. The molecule has 1 fully saturated rings. The van der Waals surface area contributed by atoms with Crippen LogP contribution in [0.15, 0.2) is 34.6 Å². The van der Waals surface area contributed by atoms with Crippen molar-refractivity contribution in [3.63, 3.8) is 0 Å². The lowest BCUT2D eigenvalue weighted by atomic mass is 10.2. The fraction of sp³-hybridized carbons (Fsp3) is 0.474. The average molecular weight is 390 g/mol. The zero-order valence-corrected chi connectivity index (χ0v) is 16.7. The zero-order chi connectivity index (χ0) is 18.9. The second-order valence-electron chi connectivity index (χ2n) is 6.18. The van der Waals surface area contributed by atoms with Crippen molar-refractivity contribution >= 4 is 17.3 Å². The lowest BCUT2D eigenvalue weighted by Gasteiger charge is -2.26. The van der Waals surface area contributed by atoms with Crippen LogP contribution in [0, 0.1) is 0 Å². The van der Waals surface area contributed by atoms with Gasteiger partial charge in [0.25, 0.3) is 0 Å². The first-order valence-electron chi connectivity index (χ1n) is 9.12. The van der Waals surface area contributed by atoms with Crippen molar-refractivity contribution in [2.24, 2.45) is 4.99 Å². The van der Waals surface area contributed by atoms with Crippen LogP contribution in [0.2, 0.25) is 0 Å². The van der Waals surface area contributed by atoms with E-state index in [-0.39, 0.29) is 0 Å². The Morgan fingerprint density at radius 1 is 1.26 bits per heavy atom. The summed E-state index contributed by atoms with van der Waals surface area (Å²) < 4.78 is 10.6. The summed E-state index contributed by atoms with van der Waals surface area (Å²) in [6.07, 6.45) is 0. The third-order valence-electron chi connectivity index (χ3n) is 4.37. The van der Waals surface area contributed by atoms with Gasteiger partial charge in [-0.3, -0.25) is 9.89 Å². The van der Waals surface area contributed by atoms with E-state index < -0.39 is 0 Å². The Bertz CT molecular complexity index is 726. The van der Waals surface area contributed by atoms with Crippen LogP contribution >= 0.6 is 11.3 Å². The van der Waals surface area contributed by atoms with Crippen molar-refractivity contribution < 1.29 is 9.47 Å². The summed E-state index contributed by atoms with van der Waals surface area (Å²) in [5.41, 5.74) is 2.10. The normalized spacial score (nSPS) is 15.6. The molecule has 0 aliphatic carbocycles. The quantitative estimate of drug-likeness (QED) is 0.556. The lowest BCUT2D eigenvalue weighted by Crippen LogP contribution is -2.44. The van der Waals surface area contributed by atoms with Gasteiger partial charge in [0.1, 0.15) is 10.8 Å². The van der Waals surface area contributed by atoms with Crippen LogP contribution in [-0.2, 0) is 11.3 Å². The van der Waals surface area contributed by atoms with Gasteiger partial charge in [0, 0.05) is 44.2 Å². The highest BCUT2D eigenvalue weighted by Crippen LogP contribution is 2.25. The molecule has 0 radical (unpaired) electrons. The number of aromatic nitrogens is 1. The monoisotopic (exact) mass is 389 g/mol. The summed E-state index contributed by atoms with van der Waals surface area (Å²) in [6.45, 7) is 6.14. The molecule has 1 aliphatic heterocycles. The number of guanidine groups is 1. The van der Waals surface area contributed by atoms with Gasteiger partial charge in [-0.1, -0.05) is 0 Å². The number of rotatable bonds is 7. The molecule has 1 aromatic heterocycles. The molecular weight excluding hydrogens is 362 g/mol. The van der Waals surface area contributed by atoms with Crippen LogP contribution in [0.5, 0.6) is 5.75 Å². The van der Waals surface area contributed by atoms with Gasteiger partial charge in [0.2, 0.25) is 0 Å². The second kappa shape index (κ2) is 10.2. The van der Waals surface area contributed by atoms with E-state index in [1.54, 1.807) is 25.5 Å². The van der Waals surface area contributed by atoms with Gasteiger partial charge >= 0.3 is 0 Å². The number of hydrogen-bond acceptors (Lipinski definition) is 6. The van der Waals surface area contributed by atoms with Gasteiger partial charge < -0.3 is 20.1 Å². The third kappa shape index (κ3) is 5.92. The molecule has 3 rings (SSSR count). The van der Waals surface area contributed by atoms with Crippen LogP contribution in [0.1, 0.15) is 5.69 Å². The molecule has 2 aromatic rings. The maximum absolute atomic E-state index is 5.37. The minimum atomic E-state index is 0.643. The molecule has 0 bridgehead atoms. The molecular formula is C19H27N5O2S. The van der Waals surface area contributed by atoms with E-state index in [0.717, 1.165) is 67.4 Å². The first-order valence-corrected chi connectivity index (χ1v) is 10.00. The zero-order valence-electron chi connectivity index (χ0n) is 15.9. The van der Waals surface area contributed by atoms with Crippen LogP contribution in [0.4, 0.5) is 0 Å². The minimum absolute atomic E-state index is 0.643. The van der Waals surface area contributed by atoms with Crippen LogP contribution in [0.3, 0.4) is 0 Å². The molecule has 0 amide bonds. The van der Waals surface area contributed by atoms with Gasteiger partial charge in [-0.25, -0.2) is 4.98 Å². The fourth-order valence-corrected chi connectivity index (χ4v) is 3.63. The number of hydrogen-bond donors (Lipinski definition) is 2. The number of methoxy groups -OCH3 is 1. The Morgan fingerprint density at radius 2 is 2.04 bits per heavy atom. The minimum Gasteiger partial charge on any atom is -0.497 e. The Balaban J connectivity index is 1.44. The number of aliphatic imine (C=N–C) groups is 1. The highest BCUT2D eigenvalue weighted by Gasteiger charge is 2.10. The topological polar surface area (TPSA) is 71.0 Å². The van der Waals surface area contributed by atoms with Crippen LogP contribution in [-0.4, -0.2) is 69.4 Å². The molecule has 1 saturated heterocycles. The second-order valence-corrected chi connectivity index (χ2v) is 7.04. The van der Waals surface area contributed by atoms with Gasteiger partial charge in [0.05, 0.1) is 32.6 Å². The molecule has 8 heteroatoms. The van der Waals surface area contributed by atoms with Crippen molar-refractivity contribution in [1.82, 2.24) is 20.5 Å². The maximum atomic E-state index is 5.37. The van der Waals surface area contributed by atoms with E-state index in [9.17, 15) is 0 Å². The number of nitrogens with one attached hydrogen (secondary N) is 2. The van der Waals surface area contributed by atoms with Gasteiger partial charge in [-0.2, -0.15) is 0 Å². The molecule has 1 aromatic carbocycles. The van der Waals surface area contributed by atoms with Crippen molar-refractivity contribution in [1.29, 1.82) is 0 Å². The van der Waals surface area contributed by atoms with Crippen molar-refractivity contribution in [3.8, 4) is 16.3 Å². The SMILES string of the molecule is CN=C(NCCN1CCOCC1)NCc1csc(-c2ccc(OC)cc2)n1. The molecule has 0 unspecified atom stereocenters. The number of nitrogens with zero attached hydrogens (tertiary/aromatic N) is 3. The summed E-state index contributed by atoms with van der Waals surface area (Å²) >= 11 is 1.64. The largest absolute Gasteiger partial charge is 0.497 e. The van der Waals surface area contributed by atoms with E-state index >= 15 is 0 Å². The molecule has 7 nitrogen and oxygen atoms in total. The molecule has 146 valence electrons.